The zero-order chi connectivity index (χ0) is 8.72. The predicted octanol–water partition coefficient (Wildman–Crippen LogP) is 3.16. The molecule has 0 saturated heterocycles. The molecule has 3 aliphatic carbocycles. The van der Waals surface area contributed by atoms with Crippen molar-refractivity contribution in [3.05, 3.63) is 23.3 Å². The van der Waals surface area contributed by atoms with Crippen LogP contribution in [0.2, 0.25) is 0 Å². The SMILES string of the molecule is CC1=CC2(C)C=C(C)C3C1C32C. The van der Waals surface area contributed by atoms with E-state index in [0.717, 1.165) is 11.8 Å². The van der Waals surface area contributed by atoms with E-state index in [-0.39, 0.29) is 0 Å². The smallest absolute Gasteiger partial charge is 0.0104 e. The molecule has 2 unspecified atom stereocenters. The molecule has 0 aliphatic heterocycles. The third-order valence-electron chi connectivity index (χ3n) is 4.71. The molecule has 1 saturated carbocycles. The van der Waals surface area contributed by atoms with Crippen LogP contribution < -0.4 is 0 Å². The predicted molar refractivity (Wildman–Crippen MR) is 50.7 cm³/mol. The molecule has 0 bridgehead atoms. The average molecular weight is 160 g/mol. The first-order valence-electron chi connectivity index (χ1n) is 4.89. The van der Waals surface area contributed by atoms with Crippen molar-refractivity contribution in [1.82, 2.24) is 0 Å². The molecule has 12 heavy (non-hydrogen) atoms. The van der Waals surface area contributed by atoms with Gasteiger partial charge in [-0.3, -0.25) is 0 Å². The molecule has 0 spiro atoms. The first kappa shape index (κ1) is 6.94. The summed E-state index contributed by atoms with van der Waals surface area (Å²) in [6, 6.07) is 0. The highest BCUT2D eigenvalue weighted by Gasteiger charge is 2.75. The van der Waals surface area contributed by atoms with E-state index >= 15 is 0 Å². The van der Waals surface area contributed by atoms with Gasteiger partial charge in [-0.25, -0.2) is 0 Å². The topological polar surface area (TPSA) is 0 Å². The van der Waals surface area contributed by atoms with E-state index in [1.54, 1.807) is 11.1 Å². The van der Waals surface area contributed by atoms with Gasteiger partial charge in [0.25, 0.3) is 0 Å². The summed E-state index contributed by atoms with van der Waals surface area (Å²) in [5.74, 6) is 1.79. The van der Waals surface area contributed by atoms with Gasteiger partial charge in [-0.15, -0.1) is 0 Å². The van der Waals surface area contributed by atoms with Crippen LogP contribution in [0.4, 0.5) is 0 Å². The Balaban J connectivity index is 2.23. The standard InChI is InChI=1S/C12H16/c1-7-5-11(3)6-8(2)10-9(7)12(10,11)4/h5-6,9-10H,1-4H3. The summed E-state index contributed by atoms with van der Waals surface area (Å²) in [6.07, 6.45) is 4.98. The lowest BCUT2D eigenvalue weighted by molar-refractivity contribution is 0.332. The second-order valence-electron chi connectivity index (χ2n) is 5.30. The first-order chi connectivity index (χ1) is 5.51. The van der Waals surface area contributed by atoms with E-state index in [1.807, 2.05) is 0 Å². The Morgan fingerprint density at radius 2 is 1.42 bits per heavy atom. The van der Waals surface area contributed by atoms with Crippen molar-refractivity contribution in [2.75, 3.05) is 0 Å². The molecule has 1 fully saturated rings. The summed E-state index contributed by atoms with van der Waals surface area (Å²) in [4.78, 5) is 0. The second-order valence-corrected chi connectivity index (χ2v) is 5.30. The highest BCUT2D eigenvalue weighted by Crippen LogP contribution is 2.81. The van der Waals surface area contributed by atoms with Crippen LogP contribution in [-0.4, -0.2) is 0 Å². The molecule has 0 heteroatoms. The molecular formula is C12H16. The van der Waals surface area contributed by atoms with Gasteiger partial charge in [-0.1, -0.05) is 37.1 Å². The molecule has 3 aliphatic rings. The van der Waals surface area contributed by atoms with Crippen molar-refractivity contribution >= 4 is 0 Å². The molecule has 0 radical (unpaired) electrons. The number of rotatable bonds is 0. The first-order valence-corrected chi connectivity index (χ1v) is 4.89. The highest BCUT2D eigenvalue weighted by molar-refractivity contribution is 5.51. The maximum atomic E-state index is 2.49. The van der Waals surface area contributed by atoms with Gasteiger partial charge in [0.05, 0.1) is 0 Å². The van der Waals surface area contributed by atoms with Crippen LogP contribution in [-0.2, 0) is 0 Å². The van der Waals surface area contributed by atoms with E-state index < -0.39 is 0 Å². The molecule has 0 aromatic rings. The maximum absolute atomic E-state index is 2.49. The summed E-state index contributed by atoms with van der Waals surface area (Å²) >= 11 is 0. The Bertz CT molecular complexity index is 304. The number of hydrogen-bond acceptors (Lipinski definition) is 0. The summed E-state index contributed by atoms with van der Waals surface area (Å²) in [5.41, 5.74) is 4.26. The monoisotopic (exact) mass is 160 g/mol. The summed E-state index contributed by atoms with van der Waals surface area (Å²) in [6.45, 7) is 9.47. The van der Waals surface area contributed by atoms with Crippen molar-refractivity contribution in [1.29, 1.82) is 0 Å². The van der Waals surface area contributed by atoms with Crippen LogP contribution in [0.5, 0.6) is 0 Å². The van der Waals surface area contributed by atoms with Gasteiger partial charge in [0.1, 0.15) is 0 Å². The molecule has 0 N–H and O–H groups in total. The van der Waals surface area contributed by atoms with Gasteiger partial charge in [-0.2, -0.15) is 0 Å². The molecule has 0 nitrogen and oxygen atoms in total. The van der Waals surface area contributed by atoms with Gasteiger partial charge in [0, 0.05) is 5.41 Å². The third-order valence-corrected chi connectivity index (χ3v) is 4.71. The van der Waals surface area contributed by atoms with Gasteiger partial charge in [0.2, 0.25) is 0 Å². The van der Waals surface area contributed by atoms with Crippen molar-refractivity contribution in [3.63, 3.8) is 0 Å². The summed E-state index contributed by atoms with van der Waals surface area (Å²) in [7, 11) is 0. The van der Waals surface area contributed by atoms with E-state index in [9.17, 15) is 0 Å². The van der Waals surface area contributed by atoms with Crippen LogP contribution in [0.15, 0.2) is 23.3 Å². The van der Waals surface area contributed by atoms with E-state index in [0.29, 0.717) is 10.8 Å². The third kappa shape index (κ3) is 0.416. The maximum Gasteiger partial charge on any atom is 0.0104 e. The van der Waals surface area contributed by atoms with Crippen molar-refractivity contribution < 1.29 is 0 Å². The van der Waals surface area contributed by atoms with Gasteiger partial charge >= 0.3 is 0 Å². The van der Waals surface area contributed by atoms with Crippen molar-refractivity contribution in [3.8, 4) is 0 Å². The molecule has 0 amide bonds. The lowest BCUT2D eigenvalue weighted by Gasteiger charge is -2.24. The highest BCUT2D eigenvalue weighted by atomic mass is 14.8. The normalized spacial score (nSPS) is 59.7. The fourth-order valence-electron chi connectivity index (χ4n) is 4.13. The Morgan fingerprint density at radius 1 is 1.00 bits per heavy atom. The number of hydrogen-bond donors (Lipinski definition) is 0. The number of allylic oxidation sites excluding steroid dienone is 4. The van der Waals surface area contributed by atoms with E-state index in [1.165, 1.54) is 0 Å². The lowest BCUT2D eigenvalue weighted by atomic mass is 9.79. The molecule has 0 aromatic heterocycles. The Hall–Kier alpha value is -0.520. The fraction of sp³-hybridized carbons (Fsp3) is 0.667. The van der Waals surface area contributed by atoms with Gasteiger partial charge in [0.15, 0.2) is 0 Å². The van der Waals surface area contributed by atoms with Crippen LogP contribution in [0.3, 0.4) is 0 Å². The van der Waals surface area contributed by atoms with E-state index in [4.69, 9.17) is 0 Å². The summed E-state index contributed by atoms with van der Waals surface area (Å²) in [5, 5.41) is 0. The lowest BCUT2D eigenvalue weighted by Crippen LogP contribution is -2.18. The van der Waals surface area contributed by atoms with Crippen LogP contribution in [0, 0.1) is 22.7 Å². The van der Waals surface area contributed by atoms with Crippen molar-refractivity contribution in [2.45, 2.75) is 27.7 Å². The zero-order valence-electron chi connectivity index (χ0n) is 8.31. The minimum Gasteiger partial charge on any atom is -0.0750 e. The van der Waals surface area contributed by atoms with Crippen LogP contribution in [0.1, 0.15) is 27.7 Å². The molecule has 64 valence electrons. The van der Waals surface area contributed by atoms with Gasteiger partial charge < -0.3 is 0 Å². The van der Waals surface area contributed by atoms with Crippen molar-refractivity contribution in [2.24, 2.45) is 22.7 Å². The minimum absolute atomic E-state index is 0.399. The average Bonchev–Trinajstić information content (AvgIpc) is 2.47. The molecule has 3 rings (SSSR count). The van der Waals surface area contributed by atoms with Crippen LogP contribution >= 0.6 is 0 Å². The zero-order valence-corrected chi connectivity index (χ0v) is 8.31. The molecule has 0 heterocycles. The second kappa shape index (κ2) is 1.45. The Kier molecular flexibility index (Phi) is 0.839. The quantitative estimate of drug-likeness (QED) is 0.477. The summed E-state index contributed by atoms with van der Waals surface area (Å²) < 4.78 is 0. The molecular weight excluding hydrogens is 144 g/mol. The molecule has 2 atom stereocenters. The van der Waals surface area contributed by atoms with Crippen LogP contribution in [0.25, 0.3) is 0 Å². The number of fused-ring (bicyclic) bond motifs is 1. The Labute approximate surface area is 74.4 Å². The Morgan fingerprint density at radius 3 is 1.67 bits per heavy atom. The molecule has 0 aromatic carbocycles. The fourth-order valence-corrected chi connectivity index (χ4v) is 4.13. The minimum atomic E-state index is 0.399. The van der Waals surface area contributed by atoms with Gasteiger partial charge in [-0.05, 0) is 31.1 Å². The van der Waals surface area contributed by atoms with E-state index in [2.05, 4.69) is 39.8 Å². The largest absolute Gasteiger partial charge is 0.0750 e.